The van der Waals surface area contributed by atoms with Crippen LogP contribution in [0.2, 0.25) is 0 Å². The first-order chi connectivity index (χ1) is 7.72. The molecule has 0 amide bonds. The van der Waals surface area contributed by atoms with E-state index >= 15 is 0 Å². The average molecular weight is 221 g/mol. The van der Waals surface area contributed by atoms with Crippen LogP contribution in [0.3, 0.4) is 0 Å². The van der Waals surface area contributed by atoms with Gasteiger partial charge in [0.05, 0.1) is 12.8 Å². The lowest BCUT2D eigenvalue weighted by molar-refractivity contribution is -0.137. The van der Waals surface area contributed by atoms with E-state index in [0.29, 0.717) is 19.0 Å². The summed E-state index contributed by atoms with van der Waals surface area (Å²) in [7, 11) is 0. The number of ether oxygens (including phenoxy) is 2. The number of aromatic nitrogens is 1. The van der Waals surface area contributed by atoms with Crippen molar-refractivity contribution in [3.63, 3.8) is 0 Å². The summed E-state index contributed by atoms with van der Waals surface area (Å²) in [6.45, 7) is 4.38. The summed E-state index contributed by atoms with van der Waals surface area (Å²) in [5.74, 6) is 0.326. The molecule has 1 aromatic rings. The normalized spacial score (nSPS) is 10.4. The molecular formula is C12H15NO3. The summed E-state index contributed by atoms with van der Waals surface area (Å²) in [6, 6.07) is 3.70. The van der Waals surface area contributed by atoms with Gasteiger partial charge in [0.1, 0.15) is 12.4 Å². The first-order valence-corrected chi connectivity index (χ1v) is 5.11. The largest absolute Gasteiger partial charge is 0.488 e. The van der Waals surface area contributed by atoms with Crippen molar-refractivity contribution in [2.24, 2.45) is 0 Å². The molecule has 16 heavy (non-hydrogen) atoms. The predicted octanol–water partition coefficient (Wildman–Crippen LogP) is 1.89. The topological polar surface area (TPSA) is 48.4 Å². The molecule has 0 radical (unpaired) electrons. The van der Waals surface area contributed by atoms with Gasteiger partial charge in [-0.15, -0.1) is 0 Å². The van der Waals surface area contributed by atoms with Crippen molar-refractivity contribution in [1.82, 2.24) is 4.98 Å². The highest BCUT2D eigenvalue weighted by molar-refractivity contribution is 5.81. The van der Waals surface area contributed by atoms with E-state index in [0.717, 1.165) is 5.69 Å². The van der Waals surface area contributed by atoms with Gasteiger partial charge < -0.3 is 9.47 Å². The molecule has 4 nitrogen and oxygen atoms in total. The average Bonchev–Trinajstić information content (AvgIpc) is 2.27. The molecule has 0 aliphatic carbocycles. The van der Waals surface area contributed by atoms with Crippen LogP contribution in [0.25, 0.3) is 0 Å². The first-order valence-electron chi connectivity index (χ1n) is 5.11. The van der Waals surface area contributed by atoms with E-state index in [1.165, 1.54) is 6.08 Å². The minimum Gasteiger partial charge on any atom is -0.488 e. The van der Waals surface area contributed by atoms with E-state index < -0.39 is 0 Å². The number of hydrogen-bond donors (Lipinski definition) is 0. The molecule has 0 atom stereocenters. The zero-order valence-corrected chi connectivity index (χ0v) is 9.47. The fourth-order valence-electron chi connectivity index (χ4n) is 1.02. The third kappa shape index (κ3) is 4.59. The molecule has 0 saturated carbocycles. The molecule has 0 bridgehead atoms. The van der Waals surface area contributed by atoms with Crippen LogP contribution >= 0.6 is 0 Å². The lowest BCUT2D eigenvalue weighted by atomic mass is 10.4. The Kier molecular flexibility index (Phi) is 5.05. The number of carbonyl (C=O) groups is 1. The maximum absolute atomic E-state index is 10.9. The van der Waals surface area contributed by atoms with Crippen molar-refractivity contribution in [3.8, 4) is 5.75 Å². The fourth-order valence-corrected chi connectivity index (χ4v) is 1.02. The number of hydrogen-bond acceptors (Lipinski definition) is 4. The summed E-state index contributed by atoms with van der Waals surface area (Å²) in [6.07, 6.45) is 4.61. The molecule has 4 heteroatoms. The first kappa shape index (κ1) is 12.2. The van der Waals surface area contributed by atoms with Gasteiger partial charge in [-0.1, -0.05) is 0 Å². The molecule has 0 fully saturated rings. The van der Waals surface area contributed by atoms with Crippen LogP contribution in [-0.2, 0) is 9.53 Å². The second-order valence-corrected chi connectivity index (χ2v) is 3.10. The third-order valence-corrected chi connectivity index (χ3v) is 1.77. The van der Waals surface area contributed by atoms with Crippen LogP contribution in [0.5, 0.6) is 5.75 Å². The van der Waals surface area contributed by atoms with E-state index in [1.807, 2.05) is 19.1 Å². The van der Waals surface area contributed by atoms with Crippen molar-refractivity contribution < 1.29 is 14.3 Å². The molecule has 0 aromatic carbocycles. The van der Waals surface area contributed by atoms with Gasteiger partial charge in [-0.25, -0.2) is 4.79 Å². The summed E-state index contributed by atoms with van der Waals surface area (Å²) < 4.78 is 10.0. The van der Waals surface area contributed by atoms with E-state index in [-0.39, 0.29) is 5.97 Å². The van der Waals surface area contributed by atoms with Gasteiger partial charge >= 0.3 is 5.97 Å². The number of pyridine rings is 1. The molecule has 0 aliphatic heterocycles. The molecule has 0 unspecified atom stereocenters. The van der Waals surface area contributed by atoms with Gasteiger partial charge in [0.15, 0.2) is 0 Å². The highest BCUT2D eigenvalue weighted by atomic mass is 16.5. The van der Waals surface area contributed by atoms with Gasteiger partial charge in [-0.3, -0.25) is 4.98 Å². The minimum absolute atomic E-state index is 0.323. The van der Waals surface area contributed by atoms with E-state index in [4.69, 9.17) is 9.47 Å². The van der Waals surface area contributed by atoms with Crippen molar-refractivity contribution in [2.45, 2.75) is 13.8 Å². The Morgan fingerprint density at radius 1 is 1.50 bits per heavy atom. The highest BCUT2D eigenvalue weighted by Gasteiger charge is 1.94. The monoisotopic (exact) mass is 221 g/mol. The molecule has 0 spiro atoms. The SMILES string of the molecule is CCOC(=O)/C=C/COc1ccc(C)nc1. The molecule has 86 valence electrons. The Labute approximate surface area is 94.9 Å². The maximum Gasteiger partial charge on any atom is 0.330 e. The highest BCUT2D eigenvalue weighted by Crippen LogP contribution is 2.07. The van der Waals surface area contributed by atoms with Crippen molar-refractivity contribution in [2.75, 3.05) is 13.2 Å². The van der Waals surface area contributed by atoms with Crippen LogP contribution < -0.4 is 4.74 Å². The minimum atomic E-state index is -0.354. The quantitative estimate of drug-likeness (QED) is 0.562. The lowest BCUT2D eigenvalue weighted by Gasteiger charge is -2.02. The Hall–Kier alpha value is -1.84. The number of nitrogens with zero attached hydrogens (tertiary/aromatic N) is 1. The predicted molar refractivity (Wildman–Crippen MR) is 60.2 cm³/mol. The van der Waals surface area contributed by atoms with Crippen LogP contribution in [0.1, 0.15) is 12.6 Å². The summed E-state index contributed by atoms with van der Waals surface area (Å²) in [4.78, 5) is 15.0. The molecule has 1 heterocycles. The second kappa shape index (κ2) is 6.61. The van der Waals surface area contributed by atoms with Gasteiger partial charge in [0, 0.05) is 11.8 Å². The van der Waals surface area contributed by atoms with Crippen LogP contribution in [-0.4, -0.2) is 24.2 Å². The van der Waals surface area contributed by atoms with Gasteiger partial charge in [-0.05, 0) is 32.1 Å². The van der Waals surface area contributed by atoms with Crippen molar-refractivity contribution >= 4 is 5.97 Å². The third-order valence-electron chi connectivity index (χ3n) is 1.77. The van der Waals surface area contributed by atoms with Gasteiger partial charge in [0.2, 0.25) is 0 Å². The Balaban J connectivity index is 2.30. The number of rotatable bonds is 5. The number of esters is 1. The Morgan fingerprint density at radius 3 is 2.94 bits per heavy atom. The standard InChI is InChI=1S/C12H15NO3/c1-3-15-12(14)5-4-8-16-11-7-6-10(2)13-9-11/h4-7,9H,3,8H2,1-2H3/b5-4+. The molecule has 1 aromatic heterocycles. The van der Waals surface area contributed by atoms with Crippen molar-refractivity contribution in [3.05, 3.63) is 36.2 Å². The molecule has 0 N–H and O–H groups in total. The Bertz CT molecular complexity index is 357. The van der Waals surface area contributed by atoms with Crippen LogP contribution in [0.15, 0.2) is 30.5 Å². The second-order valence-electron chi connectivity index (χ2n) is 3.10. The molecule has 0 aliphatic rings. The summed E-state index contributed by atoms with van der Waals surface area (Å²) in [5.41, 5.74) is 0.939. The number of carbonyl (C=O) groups excluding carboxylic acids is 1. The zero-order valence-electron chi connectivity index (χ0n) is 9.47. The van der Waals surface area contributed by atoms with E-state index in [9.17, 15) is 4.79 Å². The van der Waals surface area contributed by atoms with Crippen molar-refractivity contribution in [1.29, 1.82) is 0 Å². The summed E-state index contributed by atoms with van der Waals surface area (Å²) in [5, 5.41) is 0. The van der Waals surface area contributed by atoms with Crippen LogP contribution in [0, 0.1) is 6.92 Å². The molecular weight excluding hydrogens is 206 g/mol. The van der Waals surface area contributed by atoms with Gasteiger partial charge in [0.25, 0.3) is 0 Å². The van der Waals surface area contributed by atoms with E-state index in [2.05, 4.69) is 4.98 Å². The Morgan fingerprint density at radius 2 is 2.31 bits per heavy atom. The number of aryl methyl sites for hydroxylation is 1. The maximum atomic E-state index is 10.9. The summed E-state index contributed by atoms with van der Waals surface area (Å²) >= 11 is 0. The smallest absolute Gasteiger partial charge is 0.330 e. The molecule has 0 saturated heterocycles. The lowest BCUT2D eigenvalue weighted by Crippen LogP contribution is -2.01. The van der Waals surface area contributed by atoms with Gasteiger partial charge in [-0.2, -0.15) is 0 Å². The van der Waals surface area contributed by atoms with E-state index in [1.54, 1.807) is 19.2 Å². The molecule has 1 rings (SSSR count). The zero-order chi connectivity index (χ0) is 11.8. The fraction of sp³-hybridized carbons (Fsp3) is 0.333. The van der Waals surface area contributed by atoms with Crippen LogP contribution in [0.4, 0.5) is 0 Å².